The van der Waals surface area contributed by atoms with Crippen LogP contribution in [0.5, 0.6) is 0 Å². The van der Waals surface area contributed by atoms with Crippen molar-refractivity contribution in [2.24, 2.45) is 0 Å². The standard InChI is InChI=1S/C21H18N4O/c22-14-17-7-4-8-18(13-17)25-19-9-10-20(24-15-19)21(26)23-12-11-16-5-2-1-3-6-16/h1-10,13,15,25H,11-12H2,(H,23,26). The highest BCUT2D eigenvalue weighted by Gasteiger charge is 2.07. The zero-order valence-electron chi connectivity index (χ0n) is 14.1. The predicted octanol–water partition coefficient (Wildman–Crippen LogP) is 3.67. The number of carbonyl (C=O) groups is 1. The molecule has 128 valence electrons. The van der Waals surface area contributed by atoms with Gasteiger partial charge in [0.05, 0.1) is 23.5 Å². The van der Waals surface area contributed by atoms with Crippen molar-refractivity contribution in [3.8, 4) is 6.07 Å². The average molecular weight is 342 g/mol. The molecule has 2 N–H and O–H groups in total. The molecule has 0 aliphatic rings. The van der Waals surface area contributed by atoms with Gasteiger partial charge in [-0.3, -0.25) is 4.79 Å². The summed E-state index contributed by atoms with van der Waals surface area (Å²) in [5, 5.41) is 15.0. The number of carbonyl (C=O) groups excluding carboxylic acids is 1. The Morgan fingerprint density at radius 2 is 1.85 bits per heavy atom. The topological polar surface area (TPSA) is 77.8 Å². The number of rotatable bonds is 6. The lowest BCUT2D eigenvalue weighted by Crippen LogP contribution is -2.26. The highest BCUT2D eigenvalue weighted by atomic mass is 16.1. The molecule has 0 spiro atoms. The smallest absolute Gasteiger partial charge is 0.269 e. The molecule has 3 rings (SSSR count). The van der Waals surface area contributed by atoms with Gasteiger partial charge in [0.2, 0.25) is 0 Å². The molecule has 0 saturated carbocycles. The molecular formula is C21H18N4O. The van der Waals surface area contributed by atoms with Crippen molar-refractivity contribution in [1.29, 1.82) is 5.26 Å². The second-order valence-electron chi connectivity index (χ2n) is 5.74. The number of amides is 1. The molecule has 1 heterocycles. The zero-order chi connectivity index (χ0) is 18.2. The van der Waals surface area contributed by atoms with Crippen LogP contribution in [0.2, 0.25) is 0 Å². The normalized spacial score (nSPS) is 9.96. The number of nitriles is 1. The molecule has 0 saturated heterocycles. The Hall–Kier alpha value is -3.65. The molecule has 1 amide bonds. The van der Waals surface area contributed by atoms with Crippen LogP contribution < -0.4 is 10.6 Å². The molecule has 0 unspecified atom stereocenters. The summed E-state index contributed by atoms with van der Waals surface area (Å²) in [4.78, 5) is 16.4. The van der Waals surface area contributed by atoms with E-state index in [9.17, 15) is 4.79 Å². The quantitative estimate of drug-likeness (QED) is 0.716. The lowest BCUT2D eigenvalue weighted by atomic mass is 10.1. The molecule has 26 heavy (non-hydrogen) atoms. The number of pyridine rings is 1. The van der Waals surface area contributed by atoms with Crippen LogP contribution in [0.25, 0.3) is 0 Å². The SMILES string of the molecule is N#Cc1cccc(Nc2ccc(C(=O)NCCc3ccccc3)nc2)c1. The van der Waals surface area contributed by atoms with Crippen molar-refractivity contribution >= 4 is 17.3 Å². The number of anilines is 2. The van der Waals surface area contributed by atoms with Crippen molar-refractivity contribution < 1.29 is 4.79 Å². The van der Waals surface area contributed by atoms with Gasteiger partial charge < -0.3 is 10.6 Å². The predicted molar refractivity (Wildman–Crippen MR) is 101 cm³/mol. The minimum Gasteiger partial charge on any atom is -0.354 e. The Morgan fingerprint density at radius 1 is 1.00 bits per heavy atom. The Kier molecular flexibility index (Phi) is 5.58. The number of hydrogen-bond acceptors (Lipinski definition) is 4. The van der Waals surface area contributed by atoms with Gasteiger partial charge in [-0.05, 0) is 42.3 Å². The average Bonchev–Trinajstić information content (AvgIpc) is 2.69. The molecule has 0 radical (unpaired) electrons. The van der Waals surface area contributed by atoms with Crippen molar-refractivity contribution in [2.75, 3.05) is 11.9 Å². The molecule has 1 aromatic heterocycles. The van der Waals surface area contributed by atoms with Crippen LogP contribution in [0, 0.1) is 11.3 Å². The van der Waals surface area contributed by atoms with E-state index in [1.165, 1.54) is 5.56 Å². The van der Waals surface area contributed by atoms with Crippen molar-refractivity contribution in [3.05, 3.63) is 89.7 Å². The fraction of sp³-hybridized carbons (Fsp3) is 0.0952. The third-order valence-electron chi connectivity index (χ3n) is 3.82. The summed E-state index contributed by atoms with van der Waals surface area (Å²) >= 11 is 0. The van der Waals surface area contributed by atoms with Crippen LogP contribution in [0.1, 0.15) is 21.6 Å². The lowest BCUT2D eigenvalue weighted by Gasteiger charge is -2.08. The second-order valence-corrected chi connectivity index (χ2v) is 5.74. The molecule has 0 aliphatic heterocycles. The summed E-state index contributed by atoms with van der Waals surface area (Å²) in [5.74, 6) is -0.195. The van der Waals surface area contributed by atoms with E-state index in [2.05, 4.69) is 21.7 Å². The first kappa shape index (κ1) is 17.2. The van der Waals surface area contributed by atoms with Crippen LogP contribution in [0.3, 0.4) is 0 Å². The minimum atomic E-state index is -0.195. The summed E-state index contributed by atoms with van der Waals surface area (Å²) in [6.45, 7) is 0.561. The number of aromatic nitrogens is 1. The molecule has 5 nitrogen and oxygen atoms in total. The Balaban J connectivity index is 1.55. The second kappa shape index (κ2) is 8.45. The molecule has 5 heteroatoms. The third kappa shape index (κ3) is 4.68. The lowest BCUT2D eigenvalue weighted by molar-refractivity contribution is 0.0949. The first-order valence-electron chi connectivity index (χ1n) is 8.30. The summed E-state index contributed by atoms with van der Waals surface area (Å²) in [6, 6.07) is 22.7. The number of nitrogens with one attached hydrogen (secondary N) is 2. The highest BCUT2D eigenvalue weighted by molar-refractivity contribution is 5.92. The Morgan fingerprint density at radius 3 is 2.58 bits per heavy atom. The maximum absolute atomic E-state index is 12.2. The van der Waals surface area contributed by atoms with E-state index in [0.29, 0.717) is 17.8 Å². The molecule has 3 aromatic rings. The molecule has 0 atom stereocenters. The van der Waals surface area contributed by atoms with E-state index in [1.54, 1.807) is 30.5 Å². The molecule has 2 aromatic carbocycles. The fourth-order valence-electron chi connectivity index (χ4n) is 2.49. The van der Waals surface area contributed by atoms with E-state index in [-0.39, 0.29) is 5.91 Å². The van der Waals surface area contributed by atoms with E-state index < -0.39 is 0 Å². The van der Waals surface area contributed by atoms with Gasteiger partial charge >= 0.3 is 0 Å². The summed E-state index contributed by atoms with van der Waals surface area (Å²) in [7, 11) is 0. The largest absolute Gasteiger partial charge is 0.354 e. The first-order valence-corrected chi connectivity index (χ1v) is 8.30. The number of hydrogen-bond donors (Lipinski definition) is 2. The summed E-state index contributed by atoms with van der Waals surface area (Å²) in [6.07, 6.45) is 2.38. The van der Waals surface area contributed by atoms with Crippen LogP contribution in [0.4, 0.5) is 11.4 Å². The van der Waals surface area contributed by atoms with Gasteiger partial charge in [0.15, 0.2) is 0 Å². The van der Waals surface area contributed by atoms with Crippen LogP contribution in [-0.4, -0.2) is 17.4 Å². The molecular weight excluding hydrogens is 324 g/mol. The van der Waals surface area contributed by atoms with Crippen molar-refractivity contribution in [2.45, 2.75) is 6.42 Å². The van der Waals surface area contributed by atoms with Crippen LogP contribution in [-0.2, 0) is 6.42 Å². The van der Waals surface area contributed by atoms with Crippen LogP contribution >= 0.6 is 0 Å². The third-order valence-corrected chi connectivity index (χ3v) is 3.82. The van der Waals surface area contributed by atoms with Gasteiger partial charge in [0.1, 0.15) is 5.69 Å². The number of nitrogens with zero attached hydrogens (tertiary/aromatic N) is 2. The summed E-state index contributed by atoms with van der Waals surface area (Å²) < 4.78 is 0. The first-order chi connectivity index (χ1) is 12.7. The van der Waals surface area contributed by atoms with E-state index in [0.717, 1.165) is 17.8 Å². The maximum Gasteiger partial charge on any atom is 0.269 e. The minimum absolute atomic E-state index is 0.195. The van der Waals surface area contributed by atoms with Gasteiger partial charge in [-0.2, -0.15) is 5.26 Å². The van der Waals surface area contributed by atoms with Gasteiger partial charge in [0, 0.05) is 12.2 Å². The Bertz CT molecular complexity index is 915. The number of benzene rings is 2. The molecule has 0 aliphatic carbocycles. The van der Waals surface area contributed by atoms with E-state index in [1.807, 2.05) is 42.5 Å². The van der Waals surface area contributed by atoms with Crippen molar-refractivity contribution in [3.63, 3.8) is 0 Å². The monoisotopic (exact) mass is 342 g/mol. The van der Waals surface area contributed by atoms with E-state index >= 15 is 0 Å². The van der Waals surface area contributed by atoms with Gasteiger partial charge in [0.25, 0.3) is 5.91 Å². The summed E-state index contributed by atoms with van der Waals surface area (Å²) in [5.41, 5.74) is 3.68. The van der Waals surface area contributed by atoms with E-state index in [4.69, 9.17) is 5.26 Å². The Labute approximate surface area is 152 Å². The van der Waals surface area contributed by atoms with Crippen LogP contribution in [0.15, 0.2) is 72.9 Å². The highest BCUT2D eigenvalue weighted by Crippen LogP contribution is 2.17. The molecule has 0 bridgehead atoms. The van der Waals surface area contributed by atoms with Gasteiger partial charge in [-0.15, -0.1) is 0 Å². The molecule has 0 fully saturated rings. The van der Waals surface area contributed by atoms with Crippen molar-refractivity contribution in [1.82, 2.24) is 10.3 Å². The maximum atomic E-state index is 12.2. The zero-order valence-corrected chi connectivity index (χ0v) is 14.1. The fourth-order valence-corrected chi connectivity index (χ4v) is 2.49. The van der Waals surface area contributed by atoms with Gasteiger partial charge in [-0.25, -0.2) is 4.98 Å². The van der Waals surface area contributed by atoms with Gasteiger partial charge in [-0.1, -0.05) is 36.4 Å².